The molecular formula is C12H19N3S. The Morgan fingerprint density at radius 3 is 3.06 bits per heavy atom. The number of nitrogens with zero attached hydrogens (tertiary/aromatic N) is 2. The van der Waals surface area contributed by atoms with Crippen LogP contribution in [0.25, 0.3) is 0 Å². The van der Waals surface area contributed by atoms with Crippen molar-refractivity contribution in [2.24, 2.45) is 17.8 Å². The number of nitrogens with one attached hydrogen (secondary N) is 1. The zero-order valence-corrected chi connectivity index (χ0v) is 10.4. The van der Waals surface area contributed by atoms with Gasteiger partial charge in [-0.25, -0.2) is 0 Å². The average molecular weight is 237 g/mol. The molecule has 1 aromatic heterocycles. The highest BCUT2D eigenvalue weighted by molar-refractivity contribution is 7.03. The Morgan fingerprint density at radius 2 is 2.38 bits per heavy atom. The third-order valence-electron chi connectivity index (χ3n) is 4.29. The van der Waals surface area contributed by atoms with Gasteiger partial charge in [0.15, 0.2) is 0 Å². The minimum absolute atomic E-state index is 0.886. The Morgan fingerprint density at radius 1 is 1.38 bits per heavy atom. The summed E-state index contributed by atoms with van der Waals surface area (Å²) in [7, 11) is 0. The Bertz CT molecular complexity index is 325. The lowest BCUT2D eigenvalue weighted by Gasteiger charge is -2.21. The predicted octanol–water partition coefficient (Wildman–Crippen LogP) is 2.45. The second kappa shape index (κ2) is 4.80. The summed E-state index contributed by atoms with van der Waals surface area (Å²) in [5.41, 5.74) is 1.08. The van der Waals surface area contributed by atoms with Gasteiger partial charge in [0.25, 0.3) is 0 Å². The molecule has 16 heavy (non-hydrogen) atoms. The molecule has 2 fully saturated rings. The second-order valence-electron chi connectivity index (χ2n) is 5.30. The van der Waals surface area contributed by atoms with Gasteiger partial charge in [0.05, 0.1) is 5.69 Å². The van der Waals surface area contributed by atoms with E-state index >= 15 is 0 Å². The van der Waals surface area contributed by atoms with Crippen molar-refractivity contribution < 1.29 is 0 Å². The molecule has 2 saturated carbocycles. The Hall–Kier alpha value is -0.480. The minimum atomic E-state index is 0.886. The molecule has 0 radical (unpaired) electrons. The SMILES string of the molecule is c1snnc1CNCCC1CC2CCC1C2. The average Bonchev–Trinajstić information content (AvgIpc) is 3.01. The fraction of sp³-hybridized carbons (Fsp3) is 0.833. The van der Waals surface area contributed by atoms with Gasteiger partial charge in [-0.15, -0.1) is 5.10 Å². The molecule has 0 saturated heterocycles. The zero-order chi connectivity index (χ0) is 10.8. The van der Waals surface area contributed by atoms with E-state index < -0.39 is 0 Å². The lowest BCUT2D eigenvalue weighted by molar-refractivity contribution is 0.310. The molecule has 0 spiro atoms. The molecule has 0 aliphatic heterocycles. The standard InChI is InChI=1S/C12H19N3S/c1-2-10-5-9(1)6-11(10)3-4-13-7-12-8-16-15-14-12/h8-11,13H,1-7H2. The summed E-state index contributed by atoms with van der Waals surface area (Å²) in [4.78, 5) is 0. The van der Waals surface area contributed by atoms with E-state index in [1.165, 1.54) is 43.6 Å². The predicted molar refractivity (Wildman–Crippen MR) is 65.2 cm³/mol. The van der Waals surface area contributed by atoms with Crippen LogP contribution in [0.2, 0.25) is 0 Å². The molecule has 3 rings (SSSR count). The van der Waals surface area contributed by atoms with Crippen molar-refractivity contribution in [3.05, 3.63) is 11.1 Å². The van der Waals surface area contributed by atoms with Gasteiger partial charge in [0.2, 0.25) is 0 Å². The van der Waals surface area contributed by atoms with E-state index in [0.717, 1.165) is 36.5 Å². The van der Waals surface area contributed by atoms with Crippen LogP contribution >= 0.6 is 11.5 Å². The number of fused-ring (bicyclic) bond motifs is 2. The first-order valence-electron chi connectivity index (χ1n) is 6.38. The molecule has 0 amide bonds. The summed E-state index contributed by atoms with van der Waals surface area (Å²) in [6, 6.07) is 0. The fourth-order valence-electron chi connectivity index (χ4n) is 3.49. The lowest BCUT2D eigenvalue weighted by Crippen LogP contribution is -2.20. The third kappa shape index (κ3) is 2.28. The van der Waals surface area contributed by atoms with Crippen LogP contribution in [0.5, 0.6) is 0 Å². The lowest BCUT2D eigenvalue weighted by atomic mass is 9.86. The van der Waals surface area contributed by atoms with Gasteiger partial charge in [-0.3, -0.25) is 0 Å². The van der Waals surface area contributed by atoms with E-state index in [0.29, 0.717) is 0 Å². The van der Waals surface area contributed by atoms with E-state index in [1.54, 1.807) is 0 Å². The van der Waals surface area contributed by atoms with Crippen LogP contribution in [0.15, 0.2) is 5.38 Å². The van der Waals surface area contributed by atoms with Gasteiger partial charge in [-0.1, -0.05) is 10.9 Å². The van der Waals surface area contributed by atoms with Gasteiger partial charge in [0.1, 0.15) is 0 Å². The summed E-state index contributed by atoms with van der Waals surface area (Å²) in [5, 5.41) is 9.53. The number of rotatable bonds is 5. The first kappa shape index (κ1) is 10.7. The molecule has 0 aromatic carbocycles. The molecule has 3 unspecified atom stereocenters. The van der Waals surface area contributed by atoms with Crippen molar-refractivity contribution in [1.29, 1.82) is 0 Å². The van der Waals surface area contributed by atoms with Crippen molar-refractivity contribution in [1.82, 2.24) is 14.9 Å². The van der Waals surface area contributed by atoms with Crippen LogP contribution in [-0.2, 0) is 6.54 Å². The molecule has 1 heterocycles. The molecule has 3 nitrogen and oxygen atoms in total. The van der Waals surface area contributed by atoms with Crippen LogP contribution in [0.1, 0.15) is 37.8 Å². The Labute approximate surface area is 101 Å². The highest BCUT2D eigenvalue weighted by Crippen LogP contribution is 2.49. The van der Waals surface area contributed by atoms with E-state index in [9.17, 15) is 0 Å². The van der Waals surface area contributed by atoms with E-state index in [4.69, 9.17) is 0 Å². The Kier molecular flexibility index (Phi) is 3.20. The van der Waals surface area contributed by atoms with Crippen LogP contribution < -0.4 is 5.32 Å². The van der Waals surface area contributed by atoms with Gasteiger partial charge in [-0.2, -0.15) is 0 Å². The van der Waals surface area contributed by atoms with Gasteiger partial charge in [0, 0.05) is 11.9 Å². The molecular weight excluding hydrogens is 218 g/mol. The van der Waals surface area contributed by atoms with Crippen molar-refractivity contribution in [2.75, 3.05) is 6.54 Å². The zero-order valence-electron chi connectivity index (χ0n) is 9.56. The first-order valence-corrected chi connectivity index (χ1v) is 7.22. The normalized spacial score (nSPS) is 32.4. The number of hydrogen-bond donors (Lipinski definition) is 1. The highest BCUT2D eigenvalue weighted by Gasteiger charge is 2.38. The molecule has 88 valence electrons. The van der Waals surface area contributed by atoms with Crippen LogP contribution in [0.4, 0.5) is 0 Å². The van der Waals surface area contributed by atoms with Crippen molar-refractivity contribution >= 4 is 11.5 Å². The third-order valence-corrected chi connectivity index (χ3v) is 4.84. The highest BCUT2D eigenvalue weighted by atomic mass is 32.1. The van der Waals surface area contributed by atoms with Crippen molar-refractivity contribution in [3.8, 4) is 0 Å². The van der Waals surface area contributed by atoms with E-state index in [1.807, 2.05) is 5.38 Å². The Balaban J connectivity index is 1.35. The molecule has 3 atom stereocenters. The minimum Gasteiger partial charge on any atom is -0.311 e. The van der Waals surface area contributed by atoms with Gasteiger partial charge in [-0.05, 0) is 61.5 Å². The van der Waals surface area contributed by atoms with Crippen LogP contribution in [0, 0.1) is 17.8 Å². The monoisotopic (exact) mass is 237 g/mol. The molecule has 2 bridgehead atoms. The molecule has 2 aliphatic rings. The summed E-state index contributed by atoms with van der Waals surface area (Å²) >= 11 is 1.43. The number of hydrogen-bond acceptors (Lipinski definition) is 4. The maximum Gasteiger partial charge on any atom is 0.0893 e. The summed E-state index contributed by atoms with van der Waals surface area (Å²) in [6.07, 6.45) is 7.41. The van der Waals surface area contributed by atoms with E-state index in [-0.39, 0.29) is 0 Å². The topological polar surface area (TPSA) is 37.8 Å². The maximum absolute atomic E-state index is 4.03. The number of aromatic nitrogens is 2. The summed E-state index contributed by atoms with van der Waals surface area (Å²) < 4.78 is 3.86. The quantitative estimate of drug-likeness (QED) is 0.799. The first-order chi connectivity index (χ1) is 7.92. The molecule has 2 aliphatic carbocycles. The van der Waals surface area contributed by atoms with E-state index in [2.05, 4.69) is 14.9 Å². The largest absolute Gasteiger partial charge is 0.311 e. The second-order valence-corrected chi connectivity index (χ2v) is 5.91. The van der Waals surface area contributed by atoms with Crippen LogP contribution in [-0.4, -0.2) is 16.1 Å². The van der Waals surface area contributed by atoms with Crippen molar-refractivity contribution in [2.45, 2.75) is 38.6 Å². The van der Waals surface area contributed by atoms with Gasteiger partial charge >= 0.3 is 0 Å². The summed E-state index contributed by atoms with van der Waals surface area (Å²) in [6.45, 7) is 2.03. The van der Waals surface area contributed by atoms with Crippen LogP contribution in [0.3, 0.4) is 0 Å². The molecule has 1 aromatic rings. The summed E-state index contributed by atoms with van der Waals surface area (Å²) in [5.74, 6) is 3.16. The smallest absolute Gasteiger partial charge is 0.0893 e. The molecule has 4 heteroatoms. The molecule has 1 N–H and O–H groups in total. The van der Waals surface area contributed by atoms with Crippen molar-refractivity contribution in [3.63, 3.8) is 0 Å². The fourth-order valence-corrected chi connectivity index (χ4v) is 3.95. The maximum atomic E-state index is 4.03. The van der Waals surface area contributed by atoms with Gasteiger partial charge < -0.3 is 5.32 Å².